The molecule has 1 aliphatic heterocycles. The molecule has 1 amide bonds. The second-order valence-corrected chi connectivity index (χ2v) is 5.13. The number of carbonyl (C=O) groups excluding carboxylic acids is 1. The molecule has 18 heavy (non-hydrogen) atoms. The van der Waals surface area contributed by atoms with E-state index in [1.807, 2.05) is 25.7 Å². The van der Waals surface area contributed by atoms with Crippen molar-refractivity contribution in [3.63, 3.8) is 0 Å². The topological polar surface area (TPSA) is 53.7 Å². The summed E-state index contributed by atoms with van der Waals surface area (Å²) < 4.78 is 5.51. The Kier molecular flexibility index (Phi) is 3.76. The molecule has 1 aromatic heterocycles. The second-order valence-electron chi connectivity index (χ2n) is 5.13. The smallest absolute Gasteiger partial charge is 0.257 e. The van der Waals surface area contributed by atoms with Crippen molar-refractivity contribution in [3.8, 4) is 0 Å². The summed E-state index contributed by atoms with van der Waals surface area (Å²) in [4.78, 5) is 14.3. The third kappa shape index (κ3) is 2.29. The van der Waals surface area contributed by atoms with E-state index in [2.05, 4.69) is 0 Å². The van der Waals surface area contributed by atoms with Gasteiger partial charge in [-0.1, -0.05) is 0 Å². The van der Waals surface area contributed by atoms with E-state index in [1.165, 1.54) is 0 Å². The number of amides is 1. The fourth-order valence-electron chi connectivity index (χ4n) is 2.70. The highest BCUT2D eigenvalue weighted by molar-refractivity contribution is 5.97. The first-order valence-electron chi connectivity index (χ1n) is 6.51. The van der Waals surface area contributed by atoms with E-state index in [0.717, 1.165) is 42.8 Å². The van der Waals surface area contributed by atoms with Crippen LogP contribution in [0.25, 0.3) is 0 Å². The molecule has 4 nitrogen and oxygen atoms in total. The van der Waals surface area contributed by atoms with Gasteiger partial charge < -0.3 is 14.4 Å². The molecule has 1 N–H and O–H groups in total. The van der Waals surface area contributed by atoms with E-state index < -0.39 is 0 Å². The van der Waals surface area contributed by atoms with Crippen LogP contribution in [0.2, 0.25) is 0 Å². The zero-order valence-electron chi connectivity index (χ0n) is 11.3. The van der Waals surface area contributed by atoms with Crippen LogP contribution in [-0.2, 0) is 0 Å². The van der Waals surface area contributed by atoms with Gasteiger partial charge in [-0.05, 0) is 39.5 Å². The molecule has 1 aliphatic rings. The Hall–Kier alpha value is -1.29. The molecule has 0 aliphatic carbocycles. The lowest BCUT2D eigenvalue weighted by atomic mass is 10.1. The van der Waals surface area contributed by atoms with Gasteiger partial charge in [-0.25, -0.2) is 0 Å². The van der Waals surface area contributed by atoms with Crippen molar-refractivity contribution in [1.29, 1.82) is 0 Å². The summed E-state index contributed by atoms with van der Waals surface area (Å²) in [5.74, 6) is 2.04. The lowest BCUT2D eigenvalue weighted by Crippen LogP contribution is -2.29. The van der Waals surface area contributed by atoms with Crippen molar-refractivity contribution in [2.75, 3.05) is 19.7 Å². The van der Waals surface area contributed by atoms with Crippen LogP contribution in [-0.4, -0.2) is 35.6 Å². The number of furan rings is 1. The Morgan fingerprint density at radius 1 is 1.39 bits per heavy atom. The average Bonchev–Trinajstić information content (AvgIpc) is 2.86. The van der Waals surface area contributed by atoms with E-state index in [9.17, 15) is 4.79 Å². The number of aliphatic hydroxyl groups excluding tert-OH is 1. The summed E-state index contributed by atoms with van der Waals surface area (Å²) in [6.07, 6.45) is 1.77. The molecule has 0 aromatic carbocycles. The van der Waals surface area contributed by atoms with Gasteiger partial charge in [0.15, 0.2) is 0 Å². The molecule has 1 atom stereocenters. The predicted octanol–water partition coefficient (Wildman–Crippen LogP) is 2.05. The third-order valence-electron chi connectivity index (χ3n) is 3.89. The van der Waals surface area contributed by atoms with Crippen LogP contribution in [0.4, 0.5) is 0 Å². The van der Waals surface area contributed by atoms with Gasteiger partial charge in [-0.15, -0.1) is 0 Å². The molecule has 4 heteroatoms. The fraction of sp³-hybridized carbons (Fsp3) is 0.643. The second kappa shape index (κ2) is 5.14. The van der Waals surface area contributed by atoms with Crippen LogP contribution in [0.15, 0.2) is 4.42 Å². The summed E-state index contributed by atoms with van der Waals surface area (Å²) >= 11 is 0. The van der Waals surface area contributed by atoms with Crippen molar-refractivity contribution in [3.05, 3.63) is 22.6 Å². The molecule has 0 saturated carbocycles. The van der Waals surface area contributed by atoms with Crippen LogP contribution >= 0.6 is 0 Å². The van der Waals surface area contributed by atoms with Gasteiger partial charge in [0.2, 0.25) is 0 Å². The Labute approximate surface area is 108 Å². The number of aryl methyl sites for hydroxylation is 2. The van der Waals surface area contributed by atoms with Crippen LogP contribution < -0.4 is 0 Å². The standard InChI is InChI=1S/C14H21NO3/c1-9-10(2)18-11(3)13(9)14(17)15-6-4-12(8-15)5-7-16/h12,16H,4-8H2,1-3H3. The van der Waals surface area contributed by atoms with Crippen LogP contribution in [0.3, 0.4) is 0 Å². The molecular formula is C14H21NO3. The largest absolute Gasteiger partial charge is 0.466 e. The van der Waals surface area contributed by atoms with Crippen molar-refractivity contribution in [2.24, 2.45) is 5.92 Å². The number of hydrogen-bond donors (Lipinski definition) is 1. The predicted molar refractivity (Wildman–Crippen MR) is 68.6 cm³/mol. The van der Waals surface area contributed by atoms with Crippen molar-refractivity contribution in [1.82, 2.24) is 4.90 Å². The fourth-order valence-corrected chi connectivity index (χ4v) is 2.70. The minimum absolute atomic E-state index is 0.0716. The molecule has 1 saturated heterocycles. The quantitative estimate of drug-likeness (QED) is 0.894. The van der Waals surface area contributed by atoms with E-state index in [1.54, 1.807) is 0 Å². The Balaban J connectivity index is 2.13. The number of carbonyl (C=O) groups is 1. The summed E-state index contributed by atoms with van der Waals surface area (Å²) in [7, 11) is 0. The number of likely N-dealkylation sites (tertiary alicyclic amines) is 1. The maximum Gasteiger partial charge on any atom is 0.257 e. The number of hydrogen-bond acceptors (Lipinski definition) is 3. The Morgan fingerprint density at radius 2 is 2.11 bits per heavy atom. The Morgan fingerprint density at radius 3 is 2.67 bits per heavy atom. The summed E-state index contributed by atoms with van der Waals surface area (Å²) in [5.41, 5.74) is 1.67. The van der Waals surface area contributed by atoms with Gasteiger partial charge in [0.05, 0.1) is 5.56 Å². The molecule has 2 rings (SSSR count). The summed E-state index contributed by atoms with van der Waals surface area (Å²) in [6.45, 7) is 7.40. The molecule has 0 radical (unpaired) electrons. The zero-order chi connectivity index (χ0) is 13.3. The third-order valence-corrected chi connectivity index (χ3v) is 3.89. The number of aliphatic hydroxyl groups is 1. The molecular weight excluding hydrogens is 230 g/mol. The summed E-state index contributed by atoms with van der Waals surface area (Å²) in [6, 6.07) is 0. The van der Waals surface area contributed by atoms with Crippen LogP contribution in [0.1, 0.15) is 40.3 Å². The SMILES string of the molecule is Cc1oc(C)c(C(=O)N2CCC(CCO)C2)c1C. The van der Waals surface area contributed by atoms with E-state index in [-0.39, 0.29) is 12.5 Å². The lowest BCUT2D eigenvalue weighted by molar-refractivity contribution is 0.0782. The van der Waals surface area contributed by atoms with Gasteiger partial charge in [0, 0.05) is 25.3 Å². The van der Waals surface area contributed by atoms with Crippen molar-refractivity contribution in [2.45, 2.75) is 33.6 Å². The Bertz CT molecular complexity index is 450. The highest BCUT2D eigenvalue weighted by atomic mass is 16.3. The van der Waals surface area contributed by atoms with Crippen molar-refractivity contribution < 1.29 is 14.3 Å². The first-order valence-corrected chi connectivity index (χ1v) is 6.51. The minimum Gasteiger partial charge on any atom is -0.466 e. The monoisotopic (exact) mass is 251 g/mol. The van der Waals surface area contributed by atoms with E-state index in [4.69, 9.17) is 9.52 Å². The molecule has 100 valence electrons. The van der Waals surface area contributed by atoms with E-state index in [0.29, 0.717) is 11.7 Å². The normalized spacial score (nSPS) is 19.6. The first kappa shape index (κ1) is 13.1. The first-order chi connectivity index (χ1) is 8.54. The van der Waals surface area contributed by atoms with Crippen LogP contribution in [0.5, 0.6) is 0 Å². The molecule has 2 heterocycles. The number of nitrogens with zero attached hydrogens (tertiary/aromatic N) is 1. The molecule has 0 spiro atoms. The molecule has 1 unspecified atom stereocenters. The highest BCUT2D eigenvalue weighted by Gasteiger charge is 2.29. The van der Waals surface area contributed by atoms with Crippen LogP contribution in [0, 0.1) is 26.7 Å². The molecule has 1 fully saturated rings. The molecule has 0 bridgehead atoms. The van der Waals surface area contributed by atoms with E-state index >= 15 is 0 Å². The zero-order valence-corrected chi connectivity index (χ0v) is 11.3. The van der Waals surface area contributed by atoms with Crippen molar-refractivity contribution >= 4 is 5.91 Å². The maximum atomic E-state index is 12.5. The van der Waals surface area contributed by atoms with Gasteiger partial charge in [0.25, 0.3) is 5.91 Å². The lowest BCUT2D eigenvalue weighted by Gasteiger charge is -2.16. The van der Waals surface area contributed by atoms with Gasteiger partial charge in [0.1, 0.15) is 11.5 Å². The summed E-state index contributed by atoms with van der Waals surface area (Å²) in [5, 5.41) is 8.94. The number of rotatable bonds is 3. The highest BCUT2D eigenvalue weighted by Crippen LogP contribution is 2.26. The van der Waals surface area contributed by atoms with Gasteiger partial charge in [-0.2, -0.15) is 0 Å². The molecule has 1 aromatic rings. The van der Waals surface area contributed by atoms with Gasteiger partial charge in [-0.3, -0.25) is 4.79 Å². The van der Waals surface area contributed by atoms with Gasteiger partial charge >= 0.3 is 0 Å². The maximum absolute atomic E-state index is 12.5. The average molecular weight is 251 g/mol. The minimum atomic E-state index is 0.0716.